The van der Waals surface area contributed by atoms with Gasteiger partial charge in [-0.1, -0.05) is 30.3 Å². The van der Waals surface area contributed by atoms with E-state index in [-0.39, 0.29) is 11.9 Å². The molecule has 1 aliphatic carbocycles. The van der Waals surface area contributed by atoms with Gasteiger partial charge in [-0.25, -0.2) is 0 Å². The molecule has 5 heteroatoms. The van der Waals surface area contributed by atoms with E-state index in [9.17, 15) is 9.90 Å². The zero-order valence-corrected chi connectivity index (χ0v) is 14.0. The number of likely N-dealkylation sites (tertiary alicyclic amines) is 1. The molecule has 2 fully saturated rings. The molecule has 1 saturated heterocycles. The maximum atomic E-state index is 12.7. The van der Waals surface area contributed by atoms with E-state index < -0.39 is 11.1 Å². The Balaban J connectivity index is 1.83. The van der Waals surface area contributed by atoms with Crippen molar-refractivity contribution < 1.29 is 9.90 Å². The molecule has 23 heavy (non-hydrogen) atoms. The van der Waals surface area contributed by atoms with E-state index in [0.29, 0.717) is 19.5 Å². The molecule has 1 saturated carbocycles. The van der Waals surface area contributed by atoms with E-state index in [1.807, 2.05) is 54.2 Å². The van der Waals surface area contributed by atoms with Gasteiger partial charge in [0.2, 0.25) is 5.91 Å². The van der Waals surface area contributed by atoms with Gasteiger partial charge in [0.25, 0.3) is 0 Å². The first-order chi connectivity index (χ1) is 10.9. The van der Waals surface area contributed by atoms with E-state index >= 15 is 0 Å². The van der Waals surface area contributed by atoms with Crippen molar-refractivity contribution in [1.82, 2.24) is 9.80 Å². The van der Waals surface area contributed by atoms with Crippen LogP contribution in [0.15, 0.2) is 30.3 Å². The zero-order valence-electron chi connectivity index (χ0n) is 14.0. The summed E-state index contributed by atoms with van der Waals surface area (Å²) >= 11 is 0. The van der Waals surface area contributed by atoms with Gasteiger partial charge in [-0.3, -0.25) is 4.79 Å². The number of aliphatic hydroxyl groups is 1. The van der Waals surface area contributed by atoms with E-state index in [1.165, 1.54) is 0 Å². The highest BCUT2D eigenvalue weighted by Crippen LogP contribution is 2.37. The van der Waals surface area contributed by atoms with Crippen molar-refractivity contribution in [3.05, 3.63) is 35.9 Å². The molecule has 2 aliphatic rings. The van der Waals surface area contributed by atoms with Crippen LogP contribution in [0.25, 0.3) is 0 Å². The van der Waals surface area contributed by atoms with Crippen LogP contribution in [0.3, 0.4) is 0 Å². The topological polar surface area (TPSA) is 69.8 Å². The van der Waals surface area contributed by atoms with Crippen LogP contribution in [0, 0.1) is 0 Å². The second-order valence-corrected chi connectivity index (χ2v) is 7.28. The van der Waals surface area contributed by atoms with Crippen molar-refractivity contribution in [1.29, 1.82) is 0 Å². The van der Waals surface area contributed by atoms with Crippen LogP contribution in [-0.4, -0.2) is 59.6 Å². The Morgan fingerprint density at radius 1 is 1.26 bits per heavy atom. The average Bonchev–Trinajstić information content (AvgIpc) is 2.53. The Hall–Kier alpha value is -1.43. The van der Waals surface area contributed by atoms with Crippen LogP contribution < -0.4 is 5.73 Å². The van der Waals surface area contributed by atoms with Gasteiger partial charge in [0, 0.05) is 13.1 Å². The van der Waals surface area contributed by atoms with Crippen LogP contribution >= 0.6 is 0 Å². The summed E-state index contributed by atoms with van der Waals surface area (Å²) in [5.74, 6) is 0.0470. The number of piperidine rings is 1. The molecule has 1 heterocycles. The lowest BCUT2D eigenvalue weighted by Gasteiger charge is -2.50. The van der Waals surface area contributed by atoms with Crippen molar-refractivity contribution in [3.63, 3.8) is 0 Å². The molecular weight excluding hydrogens is 290 g/mol. The Morgan fingerprint density at radius 3 is 2.43 bits per heavy atom. The maximum Gasteiger partial charge on any atom is 0.242 e. The van der Waals surface area contributed by atoms with E-state index in [4.69, 9.17) is 5.73 Å². The van der Waals surface area contributed by atoms with Crippen LogP contribution in [0.4, 0.5) is 0 Å². The lowest BCUT2D eigenvalue weighted by molar-refractivity contribution is -0.150. The summed E-state index contributed by atoms with van der Waals surface area (Å²) < 4.78 is 0. The Bertz CT molecular complexity index is 571. The quantitative estimate of drug-likeness (QED) is 0.870. The van der Waals surface area contributed by atoms with Crippen molar-refractivity contribution >= 4 is 5.91 Å². The van der Waals surface area contributed by atoms with Crippen LogP contribution in [0.5, 0.6) is 0 Å². The lowest BCUT2D eigenvalue weighted by atomic mass is 9.75. The van der Waals surface area contributed by atoms with Gasteiger partial charge in [-0.2, -0.15) is 0 Å². The zero-order chi connectivity index (χ0) is 16.7. The number of benzene rings is 1. The van der Waals surface area contributed by atoms with Gasteiger partial charge in [0.1, 0.15) is 5.60 Å². The minimum absolute atomic E-state index is 0.0470. The van der Waals surface area contributed by atoms with Gasteiger partial charge in [-0.05, 0) is 45.3 Å². The lowest BCUT2D eigenvalue weighted by Crippen LogP contribution is -2.66. The van der Waals surface area contributed by atoms with Gasteiger partial charge < -0.3 is 20.6 Å². The molecule has 0 unspecified atom stereocenters. The summed E-state index contributed by atoms with van der Waals surface area (Å²) in [6, 6.07) is 9.62. The molecule has 0 radical (unpaired) electrons. The highest BCUT2D eigenvalue weighted by atomic mass is 16.3. The van der Waals surface area contributed by atoms with Gasteiger partial charge in [-0.15, -0.1) is 0 Å². The number of nitrogens with two attached hydrogens (primary N) is 1. The number of carbonyl (C=O) groups excluding carboxylic acids is 1. The largest absolute Gasteiger partial charge is 0.383 e. The first kappa shape index (κ1) is 16.4. The normalized spacial score (nSPS) is 30.1. The molecular formula is C18H27N3O2. The van der Waals surface area contributed by atoms with Gasteiger partial charge in [0.15, 0.2) is 0 Å². The SMILES string of the molecule is CN(C)[C@@H]1CN(C(=O)C2(N)CCC2)CC[C@]1(O)c1ccccc1. The van der Waals surface area contributed by atoms with E-state index in [0.717, 1.165) is 24.8 Å². The van der Waals surface area contributed by atoms with E-state index in [1.54, 1.807) is 0 Å². The fourth-order valence-electron chi connectivity index (χ4n) is 3.85. The summed E-state index contributed by atoms with van der Waals surface area (Å²) in [5.41, 5.74) is 5.51. The smallest absolute Gasteiger partial charge is 0.242 e. The predicted molar refractivity (Wildman–Crippen MR) is 89.8 cm³/mol. The summed E-state index contributed by atoms with van der Waals surface area (Å²) in [6.07, 6.45) is 3.11. The highest BCUT2D eigenvalue weighted by Gasteiger charge is 2.49. The van der Waals surface area contributed by atoms with Crippen LogP contribution in [-0.2, 0) is 10.4 Å². The number of hydrogen-bond donors (Lipinski definition) is 2. The van der Waals surface area contributed by atoms with Crippen molar-refractivity contribution in [3.8, 4) is 0 Å². The Labute approximate surface area is 138 Å². The third kappa shape index (κ3) is 2.77. The first-order valence-electron chi connectivity index (χ1n) is 8.39. The summed E-state index contributed by atoms with van der Waals surface area (Å²) in [6.45, 7) is 1.06. The van der Waals surface area contributed by atoms with Crippen molar-refractivity contribution in [2.24, 2.45) is 5.73 Å². The molecule has 3 N–H and O–H groups in total. The molecule has 5 nitrogen and oxygen atoms in total. The molecule has 0 spiro atoms. The fourth-order valence-corrected chi connectivity index (χ4v) is 3.85. The monoisotopic (exact) mass is 317 g/mol. The molecule has 1 aliphatic heterocycles. The number of amides is 1. The Morgan fingerprint density at radius 2 is 1.91 bits per heavy atom. The number of hydrogen-bond acceptors (Lipinski definition) is 4. The molecule has 1 aromatic carbocycles. The van der Waals surface area contributed by atoms with Gasteiger partial charge in [0.05, 0.1) is 11.6 Å². The van der Waals surface area contributed by atoms with Crippen LogP contribution in [0.2, 0.25) is 0 Å². The third-order valence-electron chi connectivity index (χ3n) is 5.56. The average molecular weight is 317 g/mol. The Kier molecular flexibility index (Phi) is 4.21. The summed E-state index contributed by atoms with van der Waals surface area (Å²) in [4.78, 5) is 16.6. The second-order valence-electron chi connectivity index (χ2n) is 7.28. The molecule has 1 aromatic rings. The minimum Gasteiger partial charge on any atom is -0.383 e. The molecule has 3 rings (SSSR count). The number of rotatable bonds is 3. The van der Waals surface area contributed by atoms with Crippen LogP contribution in [0.1, 0.15) is 31.2 Å². The maximum absolute atomic E-state index is 12.7. The predicted octanol–water partition coefficient (Wildman–Crippen LogP) is 0.918. The molecule has 1 amide bonds. The summed E-state index contributed by atoms with van der Waals surface area (Å²) in [5, 5.41) is 11.3. The molecule has 0 bridgehead atoms. The summed E-state index contributed by atoms with van der Waals surface area (Å²) in [7, 11) is 3.90. The molecule has 126 valence electrons. The number of carbonyl (C=O) groups is 1. The fraction of sp³-hybridized carbons (Fsp3) is 0.611. The third-order valence-corrected chi connectivity index (χ3v) is 5.56. The van der Waals surface area contributed by atoms with E-state index in [2.05, 4.69) is 0 Å². The number of likely N-dealkylation sites (N-methyl/N-ethyl adjacent to an activating group) is 1. The minimum atomic E-state index is -0.942. The molecule has 2 atom stereocenters. The highest BCUT2D eigenvalue weighted by molar-refractivity contribution is 5.87. The van der Waals surface area contributed by atoms with Gasteiger partial charge >= 0.3 is 0 Å². The second kappa shape index (κ2) is 5.89. The first-order valence-corrected chi connectivity index (χ1v) is 8.39. The van der Waals surface area contributed by atoms with Crippen molar-refractivity contribution in [2.75, 3.05) is 27.2 Å². The number of nitrogens with zero attached hydrogens (tertiary/aromatic N) is 2. The standard InChI is InChI=1S/C18H27N3O2/c1-20(2)15-13-21(16(22)17(19)9-6-10-17)12-11-18(15,23)14-7-4-3-5-8-14/h3-5,7-8,15,23H,6,9-13,19H2,1-2H3/t15-,18+/m1/s1. The molecule has 0 aromatic heterocycles. The van der Waals surface area contributed by atoms with Crippen molar-refractivity contribution in [2.45, 2.75) is 42.9 Å².